The lowest BCUT2D eigenvalue weighted by molar-refractivity contribution is -0.384. The molecule has 0 fully saturated rings. The Balaban J connectivity index is 2.08. The van der Waals surface area contributed by atoms with Crippen molar-refractivity contribution in [1.29, 1.82) is 0 Å². The molecule has 0 unspecified atom stereocenters. The molecular formula is C21H20N4O3. The fraction of sp³-hybridized carbons (Fsp3) is 0.143. The number of nitro groups is 1. The molecule has 0 atom stereocenters. The Bertz CT molecular complexity index is 1030. The summed E-state index contributed by atoms with van der Waals surface area (Å²) in [5.74, 6) is -0.243. The van der Waals surface area contributed by atoms with Gasteiger partial charge in [-0.1, -0.05) is 17.7 Å². The van der Waals surface area contributed by atoms with E-state index >= 15 is 0 Å². The Labute approximate surface area is 162 Å². The number of carbonyl (C=O) groups is 1. The standard InChI is InChI=1S/C21H20N4O3/c1-15-4-8-17(9-5-15)24-14-19(16-6-10-18(11-7-16)25(27)28)21(22-24)20(26)12-13-23(2)3/h4-14H,1-3H3/b13-12+. The van der Waals surface area contributed by atoms with Crippen molar-refractivity contribution in [2.24, 2.45) is 0 Å². The van der Waals surface area contributed by atoms with Crippen LogP contribution in [0.1, 0.15) is 16.1 Å². The zero-order valence-electron chi connectivity index (χ0n) is 15.9. The highest BCUT2D eigenvalue weighted by Gasteiger charge is 2.18. The molecule has 0 saturated heterocycles. The summed E-state index contributed by atoms with van der Waals surface area (Å²) in [6.07, 6.45) is 4.88. The number of hydrogen-bond acceptors (Lipinski definition) is 5. The highest BCUT2D eigenvalue weighted by Crippen LogP contribution is 2.27. The van der Waals surface area contributed by atoms with Gasteiger partial charge in [-0.15, -0.1) is 0 Å². The molecule has 0 bridgehead atoms. The SMILES string of the molecule is Cc1ccc(-n2cc(-c3ccc([N+](=O)[O-])cc3)c(C(=O)/C=C/N(C)C)n2)cc1. The van der Waals surface area contributed by atoms with Crippen molar-refractivity contribution in [2.45, 2.75) is 6.92 Å². The summed E-state index contributed by atoms with van der Waals surface area (Å²) < 4.78 is 1.65. The van der Waals surface area contributed by atoms with Crippen molar-refractivity contribution in [3.8, 4) is 16.8 Å². The fourth-order valence-corrected chi connectivity index (χ4v) is 2.66. The minimum absolute atomic E-state index is 0.00458. The predicted octanol–water partition coefficient (Wildman–Crippen LogP) is 4.01. The van der Waals surface area contributed by atoms with Gasteiger partial charge in [0.15, 0.2) is 0 Å². The van der Waals surface area contributed by atoms with E-state index in [4.69, 9.17) is 0 Å². The van der Waals surface area contributed by atoms with E-state index in [9.17, 15) is 14.9 Å². The number of ketones is 1. The molecular weight excluding hydrogens is 356 g/mol. The van der Waals surface area contributed by atoms with Gasteiger partial charge in [0.25, 0.3) is 5.69 Å². The molecule has 3 aromatic rings. The van der Waals surface area contributed by atoms with Crippen LogP contribution in [0.4, 0.5) is 5.69 Å². The summed E-state index contributed by atoms with van der Waals surface area (Å²) in [6.45, 7) is 2.00. The molecule has 1 heterocycles. The zero-order chi connectivity index (χ0) is 20.3. The van der Waals surface area contributed by atoms with Gasteiger partial charge in [0.2, 0.25) is 5.78 Å². The van der Waals surface area contributed by atoms with Gasteiger partial charge < -0.3 is 4.90 Å². The molecule has 0 aliphatic carbocycles. The van der Waals surface area contributed by atoms with Gasteiger partial charge in [-0.3, -0.25) is 14.9 Å². The summed E-state index contributed by atoms with van der Waals surface area (Å²) in [7, 11) is 3.65. The molecule has 7 heteroatoms. The lowest BCUT2D eigenvalue weighted by atomic mass is 10.0. The topological polar surface area (TPSA) is 81.3 Å². The van der Waals surface area contributed by atoms with Gasteiger partial charge in [-0.25, -0.2) is 4.68 Å². The second-order valence-corrected chi connectivity index (χ2v) is 6.62. The van der Waals surface area contributed by atoms with Gasteiger partial charge in [0, 0.05) is 50.3 Å². The van der Waals surface area contributed by atoms with Crippen LogP contribution >= 0.6 is 0 Å². The average Bonchev–Trinajstić information content (AvgIpc) is 3.12. The van der Waals surface area contributed by atoms with Gasteiger partial charge in [-0.2, -0.15) is 5.10 Å². The van der Waals surface area contributed by atoms with E-state index in [0.29, 0.717) is 11.1 Å². The number of carbonyl (C=O) groups excluding carboxylic acids is 1. The predicted molar refractivity (Wildman–Crippen MR) is 108 cm³/mol. The zero-order valence-corrected chi connectivity index (χ0v) is 15.9. The minimum Gasteiger partial charge on any atom is -0.383 e. The number of hydrogen-bond donors (Lipinski definition) is 0. The van der Waals surface area contributed by atoms with Crippen LogP contribution < -0.4 is 0 Å². The molecule has 3 rings (SSSR count). The first-order valence-corrected chi connectivity index (χ1v) is 8.65. The Morgan fingerprint density at radius 3 is 2.32 bits per heavy atom. The van der Waals surface area contributed by atoms with Crippen LogP contribution in [-0.4, -0.2) is 39.5 Å². The van der Waals surface area contributed by atoms with Crippen molar-refractivity contribution < 1.29 is 9.72 Å². The monoisotopic (exact) mass is 376 g/mol. The van der Waals surface area contributed by atoms with Crippen LogP contribution in [0.25, 0.3) is 16.8 Å². The molecule has 0 N–H and O–H groups in total. The molecule has 0 saturated carbocycles. The Morgan fingerprint density at radius 2 is 1.75 bits per heavy atom. The summed E-state index contributed by atoms with van der Waals surface area (Å²) in [4.78, 5) is 24.9. The van der Waals surface area contributed by atoms with Gasteiger partial charge >= 0.3 is 0 Å². The van der Waals surface area contributed by atoms with Crippen molar-refractivity contribution in [1.82, 2.24) is 14.7 Å². The van der Waals surface area contributed by atoms with Crippen molar-refractivity contribution in [3.05, 3.63) is 88.4 Å². The van der Waals surface area contributed by atoms with E-state index in [1.165, 1.54) is 18.2 Å². The minimum atomic E-state index is -0.453. The van der Waals surface area contributed by atoms with Crippen molar-refractivity contribution >= 4 is 11.5 Å². The van der Waals surface area contributed by atoms with Crippen LogP contribution in [0.3, 0.4) is 0 Å². The lowest BCUT2D eigenvalue weighted by Crippen LogP contribution is -2.05. The van der Waals surface area contributed by atoms with Crippen molar-refractivity contribution in [2.75, 3.05) is 14.1 Å². The quantitative estimate of drug-likeness (QED) is 0.281. The molecule has 7 nitrogen and oxygen atoms in total. The molecule has 0 aliphatic rings. The highest BCUT2D eigenvalue weighted by molar-refractivity contribution is 6.07. The molecule has 2 aromatic carbocycles. The summed E-state index contributed by atoms with van der Waals surface area (Å²) >= 11 is 0. The normalized spacial score (nSPS) is 11.0. The third kappa shape index (κ3) is 4.15. The lowest BCUT2D eigenvalue weighted by Gasteiger charge is -2.03. The van der Waals surface area contributed by atoms with E-state index < -0.39 is 4.92 Å². The number of allylic oxidation sites excluding steroid dienone is 1. The molecule has 0 radical (unpaired) electrons. The Morgan fingerprint density at radius 1 is 1.11 bits per heavy atom. The fourth-order valence-electron chi connectivity index (χ4n) is 2.66. The number of aryl methyl sites for hydroxylation is 1. The number of benzene rings is 2. The van der Waals surface area contributed by atoms with Crippen molar-refractivity contribution in [3.63, 3.8) is 0 Å². The maximum Gasteiger partial charge on any atom is 0.269 e. The Hall–Kier alpha value is -3.74. The molecule has 28 heavy (non-hydrogen) atoms. The average molecular weight is 376 g/mol. The first kappa shape index (κ1) is 19.0. The third-order valence-electron chi connectivity index (χ3n) is 4.16. The van der Waals surface area contributed by atoms with Crippen LogP contribution in [0.15, 0.2) is 67.0 Å². The number of nitrogens with zero attached hydrogens (tertiary/aromatic N) is 4. The van der Waals surface area contributed by atoms with Gasteiger partial charge in [0.1, 0.15) is 5.69 Å². The van der Waals surface area contributed by atoms with Gasteiger partial charge in [0.05, 0.1) is 10.6 Å². The third-order valence-corrected chi connectivity index (χ3v) is 4.16. The van der Waals surface area contributed by atoms with E-state index in [0.717, 1.165) is 11.3 Å². The Kier molecular flexibility index (Phi) is 5.35. The maximum absolute atomic E-state index is 12.7. The second kappa shape index (κ2) is 7.87. The van der Waals surface area contributed by atoms with E-state index in [-0.39, 0.29) is 17.2 Å². The van der Waals surface area contributed by atoms with Crippen LogP contribution in [0, 0.1) is 17.0 Å². The smallest absolute Gasteiger partial charge is 0.269 e. The van der Waals surface area contributed by atoms with Crippen LogP contribution in [-0.2, 0) is 0 Å². The molecule has 0 aliphatic heterocycles. The molecule has 1 aromatic heterocycles. The second-order valence-electron chi connectivity index (χ2n) is 6.62. The number of nitro benzene ring substituents is 1. The number of rotatable bonds is 6. The van der Waals surface area contributed by atoms with Gasteiger partial charge in [-0.05, 0) is 36.8 Å². The molecule has 0 spiro atoms. The summed E-state index contributed by atoms with van der Waals surface area (Å²) in [5.41, 5.74) is 3.53. The highest BCUT2D eigenvalue weighted by atomic mass is 16.6. The van der Waals surface area contributed by atoms with Crippen LogP contribution in [0.2, 0.25) is 0 Å². The largest absolute Gasteiger partial charge is 0.383 e. The molecule has 0 amide bonds. The maximum atomic E-state index is 12.7. The van der Waals surface area contributed by atoms with E-state index in [1.54, 1.807) is 34.1 Å². The van der Waals surface area contributed by atoms with Crippen LogP contribution in [0.5, 0.6) is 0 Å². The molecule has 142 valence electrons. The first-order chi connectivity index (χ1) is 13.3. The summed E-state index contributed by atoms with van der Waals surface area (Å²) in [6, 6.07) is 13.9. The van der Waals surface area contributed by atoms with E-state index in [2.05, 4.69) is 5.10 Å². The number of non-ortho nitro benzene ring substituents is 1. The number of aromatic nitrogens is 2. The summed E-state index contributed by atoms with van der Waals surface area (Å²) in [5, 5.41) is 15.4. The van der Waals surface area contributed by atoms with E-state index in [1.807, 2.05) is 45.3 Å². The first-order valence-electron chi connectivity index (χ1n) is 8.65.